The van der Waals surface area contributed by atoms with Crippen LogP contribution in [0, 0.1) is 6.92 Å². The summed E-state index contributed by atoms with van der Waals surface area (Å²) < 4.78 is 5.24. The smallest absolute Gasteiger partial charge is 0.255 e. The van der Waals surface area contributed by atoms with Gasteiger partial charge in [-0.2, -0.15) is 0 Å². The fourth-order valence-corrected chi connectivity index (χ4v) is 2.61. The second-order valence-electron chi connectivity index (χ2n) is 5.06. The van der Waals surface area contributed by atoms with Crippen LogP contribution in [-0.2, 0) is 0 Å². The lowest BCUT2D eigenvalue weighted by Crippen LogP contribution is -2.27. The number of carbonyl (C=O) groups is 2. The number of allylic oxidation sites excluding steroid dienone is 1. The molecule has 0 radical (unpaired) electrons. The van der Waals surface area contributed by atoms with E-state index in [-0.39, 0.29) is 17.4 Å². The minimum atomic E-state index is -0.363. The number of ketones is 1. The number of nitrogens with zero attached hydrogens (tertiary/aromatic N) is 1. The van der Waals surface area contributed by atoms with Gasteiger partial charge in [0.25, 0.3) is 5.91 Å². The average Bonchev–Trinajstić information content (AvgIpc) is 3.28. The molecule has 0 atom stereocenters. The molecule has 120 valence electrons. The maximum absolute atomic E-state index is 12.6. The summed E-state index contributed by atoms with van der Waals surface area (Å²) in [5.74, 6) is -0.251. The van der Waals surface area contributed by atoms with E-state index in [1.807, 2.05) is 19.1 Å². The second kappa shape index (κ2) is 7.06. The van der Waals surface area contributed by atoms with Crippen LogP contribution < -0.4 is 5.32 Å². The Bertz CT molecular complexity index is 864. The molecule has 0 fully saturated rings. The Morgan fingerprint density at radius 2 is 2.00 bits per heavy atom. The number of hydrogen-bond acceptors (Lipinski definition) is 5. The molecule has 6 heteroatoms. The lowest BCUT2D eigenvalue weighted by Gasteiger charge is -2.08. The number of benzene rings is 1. The molecule has 0 aliphatic heterocycles. The molecule has 3 aromatic rings. The highest BCUT2D eigenvalue weighted by Crippen LogP contribution is 2.14. The van der Waals surface area contributed by atoms with Gasteiger partial charge in [0.05, 0.1) is 12.0 Å². The summed E-state index contributed by atoms with van der Waals surface area (Å²) in [4.78, 5) is 29.0. The number of nitrogens with one attached hydrogen (secondary N) is 1. The van der Waals surface area contributed by atoms with E-state index < -0.39 is 0 Å². The number of carbonyl (C=O) groups excluding carboxylic acids is 2. The number of thiazole rings is 1. The predicted octanol–water partition coefficient (Wildman–Crippen LogP) is 3.70. The van der Waals surface area contributed by atoms with Gasteiger partial charge in [0.1, 0.15) is 5.76 Å². The van der Waals surface area contributed by atoms with Gasteiger partial charge in [0.15, 0.2) is 5.01 Å². The Balaban J connectivity index is 1.89. The third kappa shape index (κ3) is 3.67. The summed E-state index contributed by atoms with van der Waals surface area (Å²) in [6.45, 7) is 1.94. The zero-order chi connectivity index (χ0) is 16.9. The number of hydrogen-bond donors (Lipinski definition) is 1. The van der Waals surface area contributed by atoms with E-state index in [1.54, 1.807) is 35.8 Å². The first-order chi connectivity index (χ1) is 11.6. The van der Waals surface area contributed by atoms with Crippen molar-refractivity contribution in [2.75, 3.05) is 0 Å². The Morgan fingerprint density at radius 1 is 1.21 bits per heavy atom. The van der Waals surface area contributed by atoms with Gasteiger partial charge in [-0.1, -0.05) is 17.7 Å². The Hall–Kier alpha value is -2.99. The monoisotopic (exact) mass is 338 g/mol. The summed E-state index contributed by atoms with van der Waals surface area (Å²) in [5, 5.41) is 4.67. The number of aromatic nitrogens is 1. The van der Waals surface area contributed by atoms with E-state index in [2.05, 4.69) is 10.3 Å². The van der Waals surface area contributed by atoms with E-state index in [0.717, 1.165) is 5.56 Å². The predicted molar refractivity (Wildman–Crippen MR) is 91.8 cm³/mol. The number of furan rings is 1. The van der Waals surface area contributed by atoms with Crippen molar-refractivity contribution in [3.63, 3.8) is 0 Å². The van der Waals surface area contributed by atoms with Crippen LogP contribution in [0.5, 0.6) is 0 Å². The molecule has 1 N–H and O–H groups in total. The third-order valence-corrected chi connectivity index (χ3v) is 4.03. The van der Waals surface area contributed by atoms with Gasteiger partial charge >= 0.3 is 0 Å². The number of amides is 1. The molecule has 0 saturated carbocycles. The van der Waals surface area contributed by atoms with E-state index in [0.29, 0.717) is 16.3 Å². The topological polar surface area (TPSA) is 72.2 Å². The molecule has 1 amide bonds. The van der Waals surface area contributed by atoms with E-state index in [1.165, 1.54) is 23.7 Å². The van der Waals surface area contributed by atoms with E-state index >= 15 is 0 Å². The molecule has 0 aliphatic rings. The molecule has 0 bridgehead atoms. The minimum Gasteiger partial charge on any atom is -0.465 e. The zero-order valence-corrected chi connectivity index (χ0v) is 13.7. The van der Waals surface area contributed by atoms with Crippen LogP contribution in [0.1, 0.15) is 31.5 Å². The van der Waals surface area contributed by atoms with Gasteiger partial charge < -0.3 is 9.73 Å². The van der Waals surface area contributed by atoms with Gasteiger partial charge in [-0.05, 0) is 31.2 Å². The van der Waals surface area contributed by atoms with Crippen LogP contribution in [0.3, 0.4) is 0 Å². The van der Waals surface area contributed by atoms with Crippen molar-refractivity contribution >= 4 is 29.1 Å². The molecule has 2 aromatic heterocycles. The van der Waals surface area contributed by atoms with Crippen LogP contribution in [0.25, 0.3) is 6.08 Å². The van der Waals surface area contributed by atoms with E-state index in [4.69, 9.17) is 4.42 Å². The maximum atomic E-state index is 12.6. The molecule has 5 nitrogen and oxygen atoms in total. The maximum Gasteiger partial charge on any atom is 0.255 e. The Labute approximate surface area is 142 Å². The molecule has 0 unspecified atom stereocenters. The van der Waals surface area contributed by atoms with Gasteiger partial charge in [0, 0.05) is 23.2 Å². The average molecular weight is 338 g/mol. The van der Waals surface area contributed by atoms with Crippen molar-refractivity contribution in [3.05, 3.63) is 81.8 Å². The molecule has 1 aromatic carbocycles. The largest absolute Gasteiger partial charge is 0.465 e. The lowest BCUT2D eigenvalue weighted by atomic mass is 10.1. The van der Waals surface area contributed by atoms with Crippen molar-refractivity contribution < 1.29 is 14.0 Å². The number of rotatable bonds is 5. The highest BCUT2D eigenvalue weighted by atomic mass is 32.1. The first-order valence-electron chi connectivity index (χ1n) is 7.21. The van der Waals surface area contributed by atoms with Gasteiger partial charge in [0.2, 0.25) is 5.78 Å². The normalized spacial score (nSPS) is 11.3. The van der Waals surface area contributed by atoms with E-state index in [9.17, 15) is 9.59 Å². The van der Waals surface area contributed by atoms with Crippen molar-refractivity contribution in [2.45, 2.75) is 6.92 Å². The summed E-state index contributed by atoms with van der Waals surface area (Å²) in [6, 6.07) is 10.5. The SMILES string of the molecule is Cc1ccc(C(=O)N/C(=C/c2ccco2)C(=O)c2nccs2)cc1. The molecular formula is C18H14N2O3S. The standard InChI is InChI=1S/C18H14N2O3S/c1-12-4-6-13(7-5-12)17(22)20-15(11-14-3-2-9-23-14)16(21)18-19-8-10-24-18/h2-11H,1H3,(H,20,22)/b15-11+. The summed E-state index contributed by atoms with van der Waals surface area (Å²) in [7, 11) is 0. The fourth-order valence-electron chi connectivity index (χ4n) is 2.02. The van der Waals surface area contributed by atoms with Crippen molar-refractivity contribution in [1.29, 1.82) is 0 Å². The molecule has 24 heavy (non-hydrogen) atoms. The summed E-state index contributed by atoms with van der Waals surface area (Å²) in [6.07, 6.45) is 4.54. The highest BCUT2D eigenvalue weighted by molar-refractivity contribution is 7.11. The third-order valence-electron chi connectivity index (χ3n) is 3.26. The van der Waals surface area contributed by atoms with Gasteiger partial charge in [-0.3, -0.25) is 9.59 Å². The van der Waals surface area contributed by atoms with Crippen molar-refractivity contribution in [3.8, 4) is 0 Å². The van der Waals surface area contributed by atoms with Crippen LogP contribution in [0.4, 0.5) is 0 Å². The number of aryl methyl sites for hydroxylation is 1. The lowest BCUT2D eigenvalue weighted by molar-refractivity contribution is 0.0934. The van der Waals surface area contributed by atoms with Crippen molar-refractivity contribution in [1.82, 2.24) is 10.3 Å². The molecule has 0 aliphatic carbocycles. The second-order valence-corrected chi connectivity index (χ2v) is 5.95. The first-order valence-corrected chi connectivity index (χ1v) is 8.09. The minimum absolute atomic E-state index is 0.116. The van der Waals surface area contributed by atoms with Crippen LogP contribution in [-0.4, -0.2) is 16.7 Å². The van der Waals surface area contributed by atoms with Gasteiger partial charge in [-0.25, -0.2) is 4.98 Å². The Morgan fingerprint density at radius 3 is 2.62 bits per heavy atom. The van der Waals surface area contributed by atoms with Crippen LogP contribution in [0.2, 0.25) is 0 Å². The Kier molecular flexibility index (Phi) is 4.67. The van der Waals surface area contributed by atoms with Crippen LogP contribution >= 0.6 is 11.3 Å². The molecule has 0 spiro atoms. The molecule has 3 rings (SSSR count). The summed E-state index contributed by atoms with van der Waals surface area (Å²) in [5.41, 5.74) is 1.64. The first kappa shape index (κ1) is 15.9. The molecule has 2 heterocycles. The van der Waals surface area contributed by atoms with Gasteiger partial charge in [-0.15, -0.1) is 11.3 Å². The number of Topliss-reactive ketones (excluding diaryl/α,β-unsaturated/α-hetero) is 1. The van der Waals surface area contributed by atoms with Crippen LogP contribution in [0.15, 0.2) is 64.4 Å². The van der Waals surface area contributed by atoms with Crippen molar-refractivity contribution in [2.24, 2.45) is 0 Å². The quantitative estimate of drug-likeness (QED) is 0.569. The molecular weight excluding hydrogens is 324 g/mol. The zero-order valence-electron chi connectivity index (χ0n) is 12.9. The highest BCUT2D eigenvalue weighted by Gasteiger charge is 2.18. The fraction of sp³-hybridized carbons (Fsp3) is 0.0556. The molecule has 0 saturated heterocycles. The summed E-state index contributed by atoms with van der Waals surface area (Å²) >= 11 is 1.21.